The maximum absolute atomic E-state index is 13.0. The molecule has 2 aliphatic carbocycles. The molecule has 0 aliphatic heterocycles. The van der Waals surface area contributed by atoms with E-state index >= 15 is 0 Å². The van der Waals surface area contributed by atoms with Crippen LogP contribution in [0.1, 0.15) is 19.3 Å². The highest BCUT2D eigenvalue weighted by Gasteiger charge is 2.43. The van der Waals surface area contributed by atoms with Crippen LogP contribution in [0.15, 0.2) is 59.5 Å². The Morgan fingerprint density at radius 2 is 1.96 bits per heavy atom. The van der Waals surface area contributed by atoms with Crippen LogP contribution in [0.3, 0.4) is 0 Å². The van der Waals surface area contributed by atoms with Crippen molar-refractivity contribution in [1.29, 1.82) is 0 Å². The minimum absolute atomic E-state index is 0.0255. The second kappa shape index (κ2) is 6.41. The van der Waals surface area contributed by atoms with E-state index in [1.807, 2.05) is 12.1 Å². The molecule has 1 atom stereocenters. The molecule has 26 heavy (non-hydrogen) atoms. The van der Waals surface area contributed by atoms with Crippen molar-refractivity contribution in [3.8, 4) is 16.9 Å². The lowest BCUT2D eigenvalue weighted by Gasteiger charge is -2.16. The minimum Gasteiger partial charge on any atom is -0.495 e. The topological polar surface area (TPSA) is 55.4 Å². The molecule has 4 rings (SSSR count). The summed E-state index contributed by atoms with van der Waals surface area (Å²) in [6.45, 7) is 0. The van der Waals surface area contributed by atoms with Gasteiger partial charge >= 0.3 is 0 Å². The summed E-state index contributed by atoms with van der Waals surface area (Å²) in [5.41, 5.74) is 1.54. The van der Waals surface area contributed by atoms with Crippen molar-refractivity contribution in [2.45, 2.75) is 30.2 Å². The molecule has 6 heteroatoms. The molecule has 2 aromatic rings. The third-order valence-corrected chi connectivity index (χ3v) is 7.06. The standard InChI is InChI=1S/C20H20ClNO3S/c1-25-18-7-6-14(12-17(18)21)16-4-2-3-5-19(16)26(23,24)22-15-8-9-20(13-15)10-11-20/h2-7,10-12,15,22H,8-9,13H2,1H3/t15-/m0/s1. The number of halogens is 1. The molecule has 0 unspecified atom stereocenters. The summed E-state index contributed by atoms with van der Waals surface area (Å²) in [4.78, 5) is 0.269. The molecule has 1 N–H and O–H groups in total. The number of nitrogens with one attached hydrogen (secondary N) is 1. The van der Waals surface area contributed by atoms with E-state index in [0.29, 0.717) is 16.3 Å². The van der Waals surface area contributed by atoms with Crippen LogP contribution in [0.25, 0.3) is 11.1 Å². The molecule has 1 saturated carbocycles. The Morgan fingerprint density at radius 1 is 1.19 bits per heavy atom. The number of methoxy groups -OCH3 is 1. The third kappa shape index (κ3) is 3.27. The molecule has 4 nitrogen and oxygen atoms in total. The van der Waals surface area contributed by atoms with E-state index in [-0.39, 0.29) is 16.4 Å². The molecule has 1 spiro atoms. The molecule has 0 radical (unpaired) electrons. The SMILES string of the molecule is COc1ccc(-c2ccccc2S(=O)(=O)N[C@H]2CCC3(C=C3)C2)cc1Cl. The molecule has 2 aliphatic rings. The monoisotopic (exact) mass is 389 g/mol. The van der Waals surface area contributed by atoms with Gasteiger partial charge in [-0.1, -0.05) is 48.0 Å². The zero-order valence-corrected chi connectivity index (χ0v) is 16.0. The maximum atomic E-state index is 13.0. The lowest BCUT2D eigenvalue weighted by molar-refractivity contribution is 0.415. The van der Waals surface area contributed by atoms with Crippen molar-refractivity contribution >= 4 is 21.6 Å². The lowest BCUT2D eigenvalue weighted by atomic mass is 10.0. The van der Waals surface area contributed by atoms with Gasteiger partial charge in [0.1, 0.15) is 5.75 Å². The number of hydrogen-bond donors (Lipinski definition) is 1. The number of rotatable bonds is 5. The maximum Gasteiger partial charge on any atom is 0.241 e. The van der Waals surface area contributed by atoms with Crippen LogP contribution < -0.4 is 9.46 Å². The summed E-state index contributed by atoms with van der Waals surface area (Å²) >= 11 is 6.22. The Hall–Kier alpha value is -1.82. The van der Waals surface area contributed by atoms with Crippen LogP contribution in [0.4, 0.5) is 0 Å². The average molecular weight is 390 g/mol. The number of benzene rings is 2. The zero-order valence-electron chi connectivity index (χ0n) is 14.4. The zero-order chi connectivity index (χ0) is 18.4. The van der Waals surface area contributed by atoms with Crippen molar-refractivity contribution in [2.24, 2.45) is 5.41 Å². The molecule has 1 fully saturated rings. The molecule has 0 saturated heterocycles. The van der Waals surface area contributed by atoms with E-state index in [1.165, 1.54) is 0 Å². The molecule has 0 amide bonds. The van der Waals surface area contributed by atoms with Crippen LogP contribution in [-0.2, 0) is 10.0 Å². The van der Waals surface area contributed by atoms with Crippen LogP contribution in [0.2, 0.25) is 5.02 Å². The fraction of sp³-hybridized carbons (Fsp3) is 0.300. The Kier molecular flexibility index (Phi) is 4.34. The smallest absolute Gasteiger partial charge is 0.241 e. The molecule has 2 aromatic carbocycles. The number of sulfonamides is 1. The van der Waals surface area contributed by atoms with E-state index < -0.39 is 10.0 Å². The average Bonchev–Trinajstić information content (AvgIpc) is 3.27. The quantitative estimate of drug-likeness (QED) is 0.771. The van der Waals surface area contributed by atoms with Gasteiger partial charge < -0.3 is 4.74 Å². The van der Waals surface area contributed by atoms with Gasteiger partial charge in [0.2, 0.25) is 10.0 Å². The van der Waals surface area contributed by atoms with E-state index in [0.717, 1.165) is 24.8 Å². The predicted octanol–water partition coefficient (Wildman–Crippen LogP) is 4.40. The number of allylic oxidation sites excluding steroid dienone is 2. The van der Waals surface area contributed by atoms with Gasteiger partial charge in [0.25, 0.3) is 0 Å². The largest absolute Gasteiger partial charge is 0.495 e. The molecular weight excluding hydrogens is 370 g/mol. The van der Waals surface area contributed by atoms with Crippen LogP contribution in [0, 0.1) is 5.41 Å². The minimum atomic E-state index is -3.63. The lowest BCUT2D eigenvalue weighted by Crippen LogP contribution is -2.33. The van der Waals surface area contributed by atoms with Crippen LogP contribution >= 0.6 is 11.6 Å². The van der Waals surface area contributed by atoms with Crippen molar-refractivity contribution in [1.82, 2.24) is 4.72 Å². The molecule has 0 heterocycles. The van der Waals surface area contributed by atoms with Crippen LogP contribution in [0.5, 0.6) is 5.75 Å². The highest BCUT2D eigenvalue weighted by molar-refractivity contribution is 7.89. The van der Waals surface area contributed by atoms with E-state index in [1.54, 1.807) is 37.4 Å². The molecule has 0 bridgehead atoms. The van der Waals surface area contributed by atoms with Gasteiger partial charge in [0.05, 0.1) is 17.0 Å². The summed E-state index contributed by atoms with van der Waals surface area (Å²) in [5, 5.41) is 0.447. The Morgan fingerprint density at radius 3 is 2.62 bits per heavy atom. The second-order valence-corrected chi connectivity index (χ2v) is 9.06. The van der Waals surface area contributed by atoms with Gasteiger partial charge in [-0.3, -0.25) is 0 Å². The fourth-order valence-electron chi connectivity index (χ4n) is 3.68. The Balaban J connectivity index is 1.65. The second-order valence-electron chi connectivity index (χ2n) is 6.97. The van der Waals surface area contributed by atoms with Gasteiger partial charge in [0.15, 0.2) is 0 Å². The normalized spacial score (nSPS) is 20.5. The van der Waals surface area contributed by atoms with Crippen molar-refractivity contribution < 1.29 is 13.2 Å². The summed E-state index contributed by atoms with van der Waals surface area (Å²) in [6, 6.07) is 12.3. The van der Waals surface area contributed by atoms with Crippen molar-refractivity contribution in [3.63, 3.8) is 0 Å². The fourth-order valence-corrected chi connectivity index (χ4v) is 5.44. The highest BCUT2D eigenvalue weighted by Crippen LogP contribution is 2.50. The first-order valence-corrected chi connectivity index (χ1v) is 10.4. The molecule has 0 aromatic heterocycles. The number of hydrogen-bond acceptors (Lipinski definition) is 3. The summed E-state index contributed by atoms with van der Waals surface area (Å²) in [7, 11) is -2.08. The highest BCUT2D eigenvalue weighted by atomic mass is 35.5. The first kappa shape index (κ1) is 17.6. The Labute approximate surface area is 158 Å². The summed E-state index contributed by atoms with van der Waals surface area (Å²) < 4.78 is 34.1. The van der Waals surface area contributed by atoms with E-state index in [9.17, 15) is 8.42 Å². The molecule has 136 valence electrons. The van der Waals surface area contributed by atoms with Gasteiger partial charge in [-0.05, 0) is 43.0 Å². The predicted molar refractivity (Wildman–Crippen MR) is 103 cm³/mol. The van der Waals surface area contributed by atoms with Gasteiger partial charge in [-0.15, -0.1) is 0 Å². The summed E-state index contributed by atoms with van der Waals surface area (Å²) in [6.07, 6.45) is 7.09. The Bertz CT molecular complexity index is 978. The first-order valence-electron chi connectivity index (χ1n) is 8.58. The molecular formula is C20H20ClNO3S. The van der Waals surface area contributed by atoms with Crippen molar-refractivity contribution in [3.05, 3.63) is 59.6 Å². The van der Waals surface area contributed by atoms with Gasteiger partial charge in [-0.25, -0.2) is 13.1 Å². The first-order chi connectivity index (χ1) is 12.4. The number of ether oxygens (including phenoxy) is 1. The van der Waals surface area contributed by atoms with E-state index in [4.69, 9.17) is 16.3 Å². The van der Waals surface area contributed by atoms with Crippen molar-refractivity contribution in [2.75, 3.05) is 7.11 Å². The summed E-state index contributed by atoms with van der Waals surface area (Å²) in [5.74, 6) is 0.557. The third-order valence-electron chi connectivity index (χ3n) is 5.18. The van der Waals surface area contributed by atoms with Gasteiger partial charge in [0, 0.05) is 17.0 Å². The van der Waals surface area contributed by atoms with Crippen LogP contribution in [-0.4, -0.2) is 21.6 Å². The van der Waals surface area contributed by atoms with Gasteiger partial charge in [-0.2, -0.15) is 0 Å². The van der Waals surface area contributed by atoms with E-state index in [2.05, 4.69) is 16.9 Å².